The molecule has 0 spiro atoms. The predicted octanol–water partition coefficient (Wildman–Crippen LogP) is 5.22. The SMILES string of the molecule is C=C(c1nccs1)C1SC=CC1c1ccccc1Cl. The fourth-order valence-electron chi connectivity index (χ4n) is 2.21. The lowest BCUT2D eigenvalue weighted by atomic mass is 9.92. The smallest absolute Gasteiger partial charge is 0.119 e. The maximum Gasteiger partial charge on any atom is 0.119 e. The van der Waals surface area contributed by atoms with Crippen LogP contribution in [-0.4, -0.2) is 10.2 Å². The molecule has 0 fully saturated rings. The van der Waals surface area contributed by atoms with Crippen molar-refractivity contribution in [1.29, 1.82) is 0 Å². The van der Waals surface area contributed by atoms with Crippen LogP contribution in [-0.2, 0) is 0 Å². The minimum Gasteiger partial charge on any atom is -0.245 e. The molecule has 3 rings (SSSR count). The highest BCUT2D eigenvalue weighted by Gasteiger charge is 2.30. The molecular weight excluding hydrogens is 294 g/mol. The Balaban J connectivity index is 1.92. The molecule has 0 aliphatic carbocycles. The van der Waals surface area contributed by atoms with Gasteiger partial charge in [-0.05, 0) is 22.6 Å². The van der Waals surface area contributed by atoms with Crippen LogP contribution in [0.25, 0.3) is 5.57 Å². The Bertz CT molecular complexity index is 619. The Morgan fingerprint density at radius 3 is 2.89 bits per heavy atom. The number of rotatable bonds is 3. The van der Waals surface area contributed by atoms with Crippen molar-refractivity contribution in [2.45, 2.75) is 11.2 Å². The summed E-state index contributed by atoms with van der Waals surface area (Å²) in [7, 11) is 0. The van der Waals surface area contributed by atoms with Crippen LogP contribution in [0.15, 0.2) is 53.9 Å². The molecule has 2 unspecified atom stereocenters. The molecule has 96 valence electrons. The van der Waals surface area contributed by atoms with Crippen LogP contribution < -0.4 is 0 Å². The molecule has 0 saturated heterocycles. The van der Waals surface area contributed by atoms with E-state index in [0.717, 1.165) is 21.2 Å². The Kier molecular flexibility index (Phi) is 3.78. The highest BCUT2D eigenvalue weighted by Crippen LogP contribution is 2.45. The van der Waals surface area contributed by atoms with Crippen molar-refractivity contribution in [2.24, 2.45) is 0 Å². The van der Waals surface area contributed by atoms with Crippen LogP contribution in [0, 0.1) is 0 Å². The highest BCUT2D eigenvalue weighted by atomic mass is 35.5. The normalized spacial score (nSPS) is 21.7. The van der Waals surface area contributed by atoms with Crippen LogP contribution >= 0.6 is 34.7 Å². The number of aromatic nitrogens is 1. The number of thiazole rings is 1. The first-order chi connectivity index (χ1) is 9.27. The molecule has 2 atom stereocenters. The third kappa shape index (κ3) is 2.50. The second-order valence-corrected chi connectivity index (χ2v) is 6.65. The van der Waals surface area contributed by atoms with Crippen molar-refractivity contribution >= 4 is 40.3 Å². The van der Waals surface area contributed by atoms with Crippen LogP contribution in [0.4, 0.5) is 0 Å². The molecule has 2 aromatic rings. The Hall–Kier alpha value is -1.03. The van der Waals surface area contributed by atoms with Gasteiger partial charge in [0.1, 0.15) is 5.01 Å². The molecule has 0 bridgehead atoms. The highest BCUT2D eigenvalue weighted by molar-refractivity contribution is 8.03. The quantitative estimate of drug-likeness (QED) is 0.771. The predicted molar refractivity (Wildman–Crippen MR) is 85.9 cm³/mol. The summed E-state index contributed by atoms with van der Waals surface area (Å²) in [5.74, 6) is 0.273. The summed E-state index contributed by atoms with van der Waals surface area (Å²) in [6.07, 6.45) is 4.03. The molecule has 1 aromatic carbocycles. The van der Waals surface area contributed by atoms with Crippen molar-refractivity contribution in [2.75, 3.05) is 0 Å². The maximum atomic E-state index is 6.31. The van der Waals surface area contributed by atoms with E-state index in [2.05, 4.69) is 29.1 Å². The van der Waals surface area contributed by atoms with Gasteiger partial charge >= 0.3 is 0 Å². The second-order valence-electron chi connectivity index (χ2n) is 4.30. The minimum absolute atomic E-state index is 0.273. The van der Waals surface area contributed by atoms with Crippen LogP contribution in [0.1, 0.15) is 16.5 Å². The van der Waals surface area contributed by atoms with E-state index in [0.29, 0.717) is 0 Å². The molecule has 0 amide bonds. The fourth-order valence-corrected chi connectivity index (χ4v) is 4.31. The minimum atomic E-state index is 0.273. The van der Waals surface area contributed by atoms with Gasteiger partial charge in [-0.25, -0.2) is 4.98 Å². The van der Waals surface area contributed by atoms with E-state index in [4.69, 9.17) is 11.6 Å². The summed E-state index contributed by atoms with van der Waals surface area (Å²) in [4.78, 5) is 4.36. The second kappa shape index (κ2) is 5.53. The van der Waals surface area contributed by atoms with Gasteiger partial charge in [0.05, 0.1) is 0 Å². The Labute approximate surface area is 126 Å². The summed E-state index contributed by atoms with van der Waals surface area (Å²) in [5.41, 5.74) is 2.24. The molecule has 1 aromatic heterocycles. The number of nitrogens with zero attached hydrogens (tertiary/aromatic N) is 1. The summed E-state index contributed by atoms with van der Waals surface area (Å²) >= 11 is 9.74. The van der Waals surface area contributed by atoms with Crippen LogP contribution in [0.2, 0.25) is 5.02 Å². The average molecular weight is 306 g/mol. The largest absolute Gasteiger partial charge is 0.245 e. The van der Waals surface area contributed by atoms with E-state index in [1.807, 2.05) is 29.8 Å². The summed E-state index contributed by atoms with van der Waals surface area (Å²) < 4.78 is 0. The standard InChI is InChI=1S/C15H12ClNS2/c1-10(15-17-7-9-19-15)14-12(6-8-18-14)11-4-2-3-5-13(11)16/h2-9,12,14H,1H2. The van der Waals surface area contributed by atoms with E-state index in [9.17, 15) is 0 Å². The summed E-state index contributed by atoms with van der Waals surface area (Å²) in [6.45, 7) is 4.23. The molecule has 1 nitrogen and oxygen atoms in total. The Morgan fingerprint density at radius 2 is 2.16 bits per heavy atom. The van der Waals surface area contributed by atoms with Gasteiger partial charge < -0.3 is 0 Å². The lowest BCUT2D eigenvalue weighted by Crippen LogP contribution is -2.12. The van der Waals surface area contributed by atoms with Gasteiger partial charge in [0, 0.05) is 27.8 Å². The third-order valence-corrected chi connectivity index (χ3v) is 5.53. The van der Waals surface area contributed by atoms with Crippen molar-refractivity contribution in [3.8, 4) is 0 Å². The van der Waals surface area contributed by atoms with Gasteiger partial charge in [-0.3, -0.25) is 0 Å². The molecule has 0 radical (unpaired) electrons. The number of hydrogen-bond acceptors (Lipinski definition) is 3. The number of benzene rings is 1. The lowest BCUT2D eigenvalue weighted by Gasteiger charge is -2.21. The van der Waals surface area contributed by atoms with E-state index < -0.39 is 0 Å². The van der Waals surface area contributed by atoms with Crippen molar-refractivity contribution in [3.63, 3.8) is 0 Å². The van der Waals surface area contributed by atoms with Crippen LogP contribution in [0.3, 0.4) is 0 Å². The van der Waals surface area contributed by atoms with Gasteiger partial charge in [0.2, 0.25) is 0 Å². The molecule has 0 saturated carbocycles. The third-order valence-electron chi connectivity index (χ3n) is 3.15. The van der Waals surface area contributed by atoms with Gasteiger partial charge in [-0.15, -0.1) is 23.1 Å². The molecule has 4 heteroatoms. The van der Waals surface area contributed by atoms with E-state index in [-0.39, 0.29) is 11.2 Å². The first-order valence-corrected chi connectivity index (χ1v) is 8.12. The van der Waals surface area contributed by atoms with Gasteiger partial charge in [0.25, 0.3) is 0 Å². The molecule has 1 aliphatic rings. The van der Waals surface area contributed by atoms with Crippen molar-refractivity contribution in [1.82, 2.24) is 4.98 Å². The van der Waals surface area contributed by atoms with Crippen molar-refractivity contribution < 1.29 is 0 Å². The fraction of sp³-hybridized carbons (Fsp3) is 0.133. The number of thioether (sulfide) groups is 1. The van der Waals surface area contributed by atoms with E-state index in [1.54, 1.807) is 23.1 Å². The van der Waals surface area contributed by atoms with Gasteiger partial charge in [-0.1, -0.05) is 42.5 Å². The maximum absolute atomic E-state index is 6.31. The van der Waals surface area contributed by atoms with Crippen LogP contribution in [0.5, 0.6) is 0 Å². The number of allylic oxidation sites excluding steroid dienone is 1. The first kappa shape index (κ1) is 13.0. The molecular formula is C15H12ClNS2. The average Bonchev–Trinajstić information content (AvgIpc) is 3.10. The lowest BCUT2D eigenvalue weighted by molar-refractivity contribution is 0.909. The number of hydrogen-bond donors (Lipinski definition) is 0. The first-order valence-electron chi connectivity index (χ1n) is 5.92. The zero-order chi connectivity index (χ0) is 13.2. The molecule has 2 heterocycles. The van der Waals surface area contributed by atoms with Gasteiger partial charge in [-0.2, -0.15) is 0 Å². The topological polar surface area (TPSA) is 12.9 Å². The van der Waals surface area contributed by atoms with Gasteiger partial charge in [0.15, 0.2) is 0 Å². The van der Waals surface area contributed by atoms with E-state index in [1.165, 1.54) is 0 Å². The number of halogens is 1. The van der Waals surface area contributed by atoms with Crippen molar-refractivity contribution in [3.05, 3.63) is 69.5 Å². The molecule has 0 N–H and O–H groups in total. The zero-order valence-corrected chi connectivity index (χ0v) is 12.5. The monoisotopic (exact) mass is 305 g/mol. The summed E-state index contributed by atoms with van der Waals surface area (Å²) in [6, 6.07) is 8.02. The summed E-state index contributed by atoms with van der Waals surface area (Å²) in [5, 5.41) is 6.23. The zero-order valence-electron chi connectivity index (χ0n) is 10.1. The molecule has 1 aliphatic heterocycles. The Morgan fingerprint density at radius 1 is 1.32 bits per heavy atom. The molecule has 19 heavy (non-hydrogen) atoms. The van der Waals surface area contributed by atoms with E-state index >= 15 is 0 Å².